The summed E-state index contributed by atoms with van der Waals surface area (Å²) in [5.41, 5.74) is 1.00. The molecule has 0 saturated heterocycles. The van der Waals surface area contributed by atoms with Crippen LogP contribution in [0, 0.1) is 5.92 Å². The Hall–Kier alpha value is -0.820. The third-order valence-corrected chi connectivity index (χ3v) is 1.77. The van der Waals surface area contributed by atoms with Crippen molar-refractivity contribution >= 4 is 0 Å². The van der Waals surface area contributed by atoms with Crippen LogP contribution < -0.4 is 0 Å². The SMILES string of the molecule is CC(C)[C@@H](O)c1ccccc1. The number of hydrogen-bond donors (Lipinski definition) is 1. The first-order valence-electron chi connectivity index (χ1n) is 3.95. The van der Waals surface area contributed by atoms with Crippen LogP contribution in [-0.4, -0.2) is 5.11 Å². The number of aliphatic hydroxyl groups excluding tert-OH is 1. The summed E-state index contributed by atoms with van der Waals surface area (Å²) in [5, 5.41) is 9.60. The van der Waals surface area contributed by atoms with Crippen molar-refractivity contribution in [2.24, 2.45) is 5.92 Å². The summed E-state index contributed by atoms with van der Waals surface area (Å²) < 4.78 is 0. The van der Waals surface area contributed by atoms with Crippen LogP contribution in [0.3, 0.4) is 0 Å². The van der Waals surface area contributed by atoms with Crippen molar-refractivity contribution in [2.75, 3.05) is 0 Å². The fourth-order valence-electron chi connectivity index (χ4n) is 1.04. The lowest BCUT2D eigenvalue weighted by molar-refractivity contribution is 0.127. The molecule has 1 aromatic carbocycles. The predicted octanol–water partition coefficient (Wildman–Crippen LogP) is 2.38. The summed E-state index contributed by atoms with van der Waals surface area (Å²) in [6.07, 6.45) is -0.323. The summed E-state index contributed by atoms with van der Waals surface area (Å²) in [6.45, 7) is 4.02. The maximum absolute atomic E-state index is 9.60. The molecule has 0 aliphatic carbocycles. The van der Waals surface area contributed by atoms with Crippen molar-refractivity contribution in [3.05, 3.63) is 35.9 Å². The molecule has 0 aromatic heterocycles. The van der Waals surface area contributed by atoms with Gasteiger partial charge in [-0.1, -0.05) is 44.2 Å². The molecule has 0 aliphatic rings. The van der Waals surface area contributed by atoms with Gasteiger partial charge in [-0.2, -0.15) is 0 Å². The predicted molar refractivity (Wildman–Crippen MR) is 46.2 cm³/mol. The summed E-state index contributed by atoms with van der Waals surface area (Å²) in [7, 11) is 0. The zero-order valence-corrected chi connectivity index (χ0v) is 6.99. The molecule has 0 amide bonds. The van der Waals surface area contributed by atoms with Gasteiger partial charge in [0.2, 0.25) is 0 Å². The highest BCUT2D eigenvalue weighted by atomic mass is 16.3. The molecule has 0 unspecified atom stereocenters. The highest BCUT2D eigenvalue weighted by Crippen LogP contribution is 2.19. The Labute approximate surface area is 67.7 Å². The van der Waals surface area contributed by atoms with Gasteiger partial charge in [-0.3, -0.25) is 0 Å². The monoisotopic (exact) mass is 150 g/mol. The lowest BCUT2D eigenvalue weighted by Crippen LogP contribution is -2.04. The first-order valence-corrected chi connectivity index (χ1v) is 3.95. The highest BCUT2D eigenvalue weighted by molar-refractivity contribution is 5.17. The van der Waals surface area contributed by atoms with E-state index in [2.05, 4.69) is 0 Å². The summed E-state index contributed by atoms with van der Waals surface area (Å²) in [4.78, 5) is 0. The molecule has 11 heavy (non-hydrogen) atoms. The van der Waals surface area contributed by atoms with Crippen molar-refractivity contribution in [1.29, 1.82) is 0 Å². The summed E-state index contributed by atoms with van der Waals surface area (Å²) in [6, 6.07) is 9.74. The molecule has 1 rings (SSSR count). The van der Waals surface area contributed by atoms with Crippen molar-refractivity contribution in [3.8, 4) is 0 Å². The molecule has 60 valence electrons. The normalized spacial score (nSPS) is 13.5. The minimum Gasteiger partial charge on any atom is -0.388 e. The van der Waals surface area contributed by atoms with Gasteiger partial charge in [0.15, 0.2) is 0 Å². The van der Waals surface area contributed by atoms with Crippen LogP contribution in [0.1, 0.15) is 25.5 Å². The van der Waals surface area contributed by atoms with E-state index >= 15 is 0 Å². The zero-order chi connectivity index (χ0) is 8.27. The van der Waals surface area contributed by atoms with Crippen molar-refractivity contribution in [2.45, 2.75) is 20.0 Å². The zero-order valence-electron chi connectivity index (χ0n) is 6.99. The minimum absolute atomic E-state index is 0.289. The smallest absolute Gasteiger partial charge is 0.0812 e. The Kier molecular flexibility index (Phi) is 2.66. The van der Waals surface area contributed by atoms with Crippen molar-refractivity contribution in [3.63, 3.8) is 0 Å². The second-order valence-electron chi connectivity index (χ2n) is 3.10. The molecular formula is C10H14O. The minimum atomic E-state index is -0.323. The van der Waals surface area contributed by atoms with Gasteiger partial charge in [-0.05, 0) is 11.5 Å². The quantitative estimate of drug-likeness (QED) is 0.686. The van der Waals surface area contributed by atoms with E-state index in [4.69, 9.17) is 0 Å². The second kappa shape index (κ2) is 3.54. The van der Waals surface area contributed by atoms with E-state index < -0.39 is 0 Å². The second-order valence-corrected chi connectivity index (χ2v) is 3.10. The van der Waals surface area contributed by atoms with E-state index in [0.717, 1.165) is 5.56 Å². The van der Waals surface area contributed by atoms with Gasteiger partial charge in [0, 0.05) is 0 Å². The van der Waals surface area contributed by atoms with Crippen molar-refractivity contribution < 1.29 is 5.11 Å². The first-order chi connectivity index (χ1) is 5.22. The molecule has 0 fully saturated rings. The van der Waals surface area contributed by atoms with Gasteiger partial charge in [0.05, 0.1) is 6.10 Å². The molecule has 1 N–H and O–H groups in total. The molecule has 0 bridgehead atoms. The van der Waals surface area contributed by atoms with E-state index in [1.807, 2.05) is 44.2 Å². The Morgan fingerprint density at radius 3 is 2.09 bits per heavy atom. The Morgan fingerprint density at radius 2 is 1.64 bits per heavy atom. The average Bonchev–Trinajstić information content (AvgIpc) is 2.05. The van der Waals surface area contributed by atoms with Gasteiger partial charge in [0.25, 0.3) is 0 Å². The third-order valence-electron chi connectivity index (χ3n) is 1.77. The molecule has 1 atom stereocenters. The number of hydrogen-bond acceptors (Lipinski definition) is 1. The lowest BCUT2D eigenvalue weighted by atomic mass is 10.00. The van der Waals surface area contributed by atoms with Gasteiger partial charge in [-0.25, -0.2) is 0 Å². The van der Waals surface area contributed by atoms with Crippen LogP contribution >= 0.6 is 0 Å². The number of aliphatic hydroxyl groups is 1. The van der Waals surface area contributed by atoms with Crippen LogP contribution in [0.4, 0.5) is 0 Å². The molecule has 0 saturated carbocycles. The highest BCUT2D eigenvalue weighted by Gasteiger charge is 2.09. The van der Waals surface area contributed by atoms with Crippen LogP contribution in [0.5, 0.6) is 0 Å². The summed E-state index contributed by atoms with van der Waals surface area (Å²) in [5.74, 6) is 0.289. The summed E-state index contributed by atoms with van der Waals surface area (Å²) >= 11 is 0. The molecular weight excluding hydrogens is 136 g/mol. The van der Waals surface area contributed by atoms with E-state index in [0.29, 0.717) is 0 Å². The van der Waals surface area contributed by atoms with Crippen LogP contribution in [-0.2, 0) is 0 Å². The first kappa shape index (κ1) is 8.28. The van der Waals surface area contributed by atoms with E-state index in [1.165, 1.54) is 0 Å². The third kappa shape index (κ3) is 2.05. The fourth-order valence-corrected chi connectivity index (χ4v) is 1.04. The van der Waals surface area contributed by atoms with E-state index in [-0.39, 0.29) is 12.0 Å². The lowest BCUT2D eigenvalue weighted by Gasteiger charge is -2.13. The topological polar surface area (TPSA) is 20.2 Å². The number of benzene rings is 1. The van der Waals surface area contributed by atoms with Gasteiger partial charge in [0.1, 0.15) is 0 Å². The van der Waals surface area contributed by atoms with E-state index in [9.17, 15) is 5.11 Å². The maximum Gasteiger partial charge on any atom is 0.0812 e. The van der Waals surface area contributed by atoms with Gasteiger partial charge >= 0.3 is 0 Å². The Bertz CT molecular complexity index is 203. The molecule has 1 aromatic rings. The maximum atomic E-state index is 9.60. The Balaban J connectivity index is 2.77. The van der Waals surface area contributed by atoms with Gasteiger partial charge < -0.3 is 5.11 Å². The molecule has 1 nitrogen and oxygen atoms in total. The average molecular weight is 150 g/mol. The largest absolute Gasteiger partial charge is 0.388 e. The van der Waals surface area contributed by atoms with Crippen LogP contribution in [0.2, 0.25) is 0 Å². The molecule has 0 spiro atoms. The standard InChI is InChI=1S/C10H14O/c1-8(2)10(11)9-6-4-3-5-7-9/h3-8,10-11H,1-2H3/t10-/m1/s1. The van der Waals surface area contributed by atoms with E-state index in [1.54, 1.807) is 0 Å². The molecule has 0 heterocycles. The van der Waals surface area contributed by atoms with Crippen molar-refractivity contribution in [1.82, 2.24) is 0 Å². The van der Waals surface area contributed by atoms with Crippen LogP contribution in [0.25, 0.3) is 0 Å². The number of rotatable bonds is 2. The Morgan fingerprint density at radius 1 is 1.09 bits per heavy atom. The molecule has 0 radical (unpaired) electrons. The van der Waals surface area contributed by atoms with Gasteiger partial charge in [-0.15, -0.1) is 0 Å². The fraction of sp³-hybridized carbons (Fsp3) is 0.400. The van der Waals surface area contributed by atoms with Crippen LogP contribution in [0.15, 0.2) is 30.3 Å². The molecule has 1 heteroatoms. The molecule has 0 aliphatic heterocycles.